The first kappa shape index (κ1) is 12.6. The molecule has 1 saturated carbocycles. The molecular formula is C15H23NO. The molecule has 17 heavy (non-hydrogen) atoms. The van der Waals surface area contributed by atoms with Crippen LogP contribution >= 0.6 is 0 Å². The van der Waals surface area contributed by atoms with Crippen LogP contribution < -0.4 is 5.32 Å². The number of nitrogens with one attached hydrogen (secondary N) is 1. The van der Waals surface area contributed by atoms with E-state index in [1.807, 2.05) is 0 Å². The molecule has 0 saturated heterocycles. The lowest BCUT2D eigenvalue weighted by Gasteiger charge is -2.06. The molecule has 1 N–H and O–H groups in total. The van der Waals surface area contributed by atoms with Crippen LogP contribution in [0, 0.1) is 0 Å². The van der Waals surface area contributed by atoms with E-state index >= 15 is 0 Å². The van der Waals surface area contributed by atoms with E-state index in [-0.39, 0.29) is 0 Å². The van der Waals surface area contributed by atoms with E-state index in [1.54, 1.807) is 0 Å². The van der Waals surface area contributed by atoms with Crippen LogP contribution in [0.3, 0.4) is 0 Å². The van der Waals surface area contributed by atoms with Gasteiger partial charge in [0.2, 0.25) is 0 Å². The largest absolute Gasteiger partial charge is 0.380 e. The second-order valence-corrected chi connectivity index (χ2v) is 4.76. The molecule has 2 nitrogen and oxygen atoms in total. The van der Waals surface area contributed by atoms with Gasteiger partial charge in [0.1, 0.15) is 0 Å². The number of aryl methyl sites for hydroxylation is 1. The van der Waals surface area contributed by atoms with E-state index in [1.165, 1.54) is 24.0 Å². The maximum absolute atomic E-state index is 5.61. The smallest absolute Gasteiger partial charge is 0.0591 e. The Kier molecular flexibility index (Phi) is 5.02. The zero-order valence-corrected chi connectivity index (χ0v) is 10.7. The number of hydrogen-bond acceptors (Lipinski definition) is 2. The molecule has 1 aliphatic carbocycles. The Bertz CT molecular complexity index is 316. The summed E-state index contributed by atoms with van der Waals surface area (Å²) < 4.78 is 5.61. The Hall–Kier alpha value is -0.860. The minimum Gasteiger partial charge on any atom is -0.380 e. The van der Waals surface area contributed by atoms with Gasteiger partial charge in [-0.1, -0.05) is 31.2 Å². The van der Waals surface area contributed by atoms with Crippen molar-refractivity contribution in [3.05, 3.63) is 35.4 Å². The summed E-state index contributed by atoms with van der Waals surface area (Å²) in [5.41, 5.74) is 2.78. The highest BCUT2D eigenvalue weighted by Gasteiger charge is 2.19. The fourth-order valence-electron chi connectivity index (χ4n) is 1.86. The monoisotopic (exact) mass is 233 g/mol. The molecule has 0 amide bonds. The summed E-state index contributed by atoms with van der Waals surface area (Å²) in [6, 6.07) is 9.64. The van der Waals surface area contributed by atoms with Gasteiger partial charge in [-0.05, 0) is 36.8 Å². The molecule has 0 aliphatic heterocycles. The van der Waals surface area contributed by atoms with Gasteiger partial charge in [0.25, 0.3) is 0 Å². The summed E-state index contributed by atoms with van der Waals surface area (Å²) in [6.45, 7) is 4.85. The van der Waals surface area contributed by atoms with Gasteiger partial charge in [-0.3, -0.25) is 0 Å². The Balaban J connectivity index is 1.53. The molecule has 94 valence electrons. The molecule has 0 heterocycles. The maximum atomic E-state index is 5.61. The van der Waals surface area contributed by atoms with Gasteiger partial charge < -0.3 is 10.1 Å². The topological polar surface area (TPSA) is 21.3 Å². The summed E-state index contributed by atoms with van der Waals surface area (Å²) >= 11 is 0. The average molecular weight is 233 g/mol. The van der Waals surface area contributed by atoms with E-state index < -0.39 is 0 Å². The molecule has 0 atom stereocenters. The molecule has 0 aromatic heterocycles. The van der Waals surface area contributed by atoms with Crippen LogP contribution in [-0.2, 0) is 17.6 Å². The highest BCUT2D eigenvalue weighted by molar-refractivity contribution is 5.22. The minimum absolute atomic E-state index is 0.792. The van der Waals surface area contributed by atoms with E-state index in [4.69, 9.17) is 4.74 Å². The summed E-state index contributed by atoms with van der Waals surface area (Å²) in [5, 5.41) is 3.45. The standard InChI is InChI=1S/C15H23NO/c1-2-13-3-5-14(6-4-13)9-11-17-12-10-16-15-7-8-15/h3-6,15-16H,2,7-12H2,1H3. The molecule has 0 spiro atoms. The van der Waals surface area contributed by atoms with Crippen molar-refractivity contribution in [3.8, 4) is 0 Å². The van der Waals surface area contributed by atoms with E-state index in [9.17, 15) is 0 Å². The highest BCUT2D eigenvalue weighted by Crippen LogP contribution is 2.17. The Morgan fingerprint density at radius 3 is 2.47 bits per heavy atom. The van der Waals surface area contributed by atoms with Crippen LogP contribution in [0.15, 0.2) is 24.3 Å². The maximum Gasteiger partial charge on any atom is 0.0591 e. The van der Waals surface area contributed by atoms with Crippen molar-refractivity contribution in [1.82, 2.24) is 5.32 Å². The van der Waals surface area contributed by atoms with Gasteiger partial charge >= 0.3 is 0 Å². The molecule has 0 radical (unpaired) electrons. The van der Waals surface area contributed by atoms with Crippen LogP contribution in [0.5, 0.6) is 0 Å². The lowest BCUT2D eigenvalue weighted by atomic mass is 10.1. The minimum atomic E-state index is 0.792. The zero-order chi connectivity index (χ0) is 11.9. The van der Waals surface area contributed by atoms with E-state index in [0.717, 1.165) is 38.6 Å². The van der Waals surface area contributed by atoms with Crippen molar-refractivity contribution in [2.45, 2.75) is 38.6 Å². The van der Waals surface area contributed by atoms with Crippen molar-refractivity contribution in [3.63, 3.8) is 0 Å². The lowest BCUT2D eigenvalue weighted by molar-refractivity contribution is 0.138. The molecule has 0 unspecified atom stereocenters. The van der Waals surface area contributed by atoms with Crippen molar-refractivity contribution < 1.29 is 4.74 Å². The fourth-order valence-corrected chi connectivity index (χ4v) is 1.86. The van der Waals surface area contributed by atoms with E-state index in [2.05, 4.69) is 36.5 Å². The summed E-state index contributed by atoms with van der Waals surface area (Å²) in [7, 11) is 0. The van der Waals surface area contributed by atoms with Gasteiger partial charge in [-0.25, -0.2) is 0 Å². The van der Waals surface area contributed by atoms with Gasteiger partial charge in [0, 0.05) is 12.6 Å². The number of benzene rings is 1. The third kappa shape index (κ3) is 4.88. The predicted octanol–water partition coefficient (Wildman–Crippen LogP) is 2.56. The molecule has 1 aliphatic rings. The first-order valence-electron chi connectivity index (χ1n) is 6.77. The van der Waals surface area contributed by atoms with Crippen LogP contribution in [0.4, 0.5) is 0 Å². The molecule has 1 fully saturated rings. The normalized spacial score (nSPS) is 15.1. The molecular weight excluding hydrogens is 210 g/mol. The molecule has 1 aromatic carbocycles. The zero-order valence-electron chi connectivity index (χ0n) is 10.7. The van der Waals surface area contributed by atoms with Gasteiger partial charge in [0.15, 0.2) is 0 Å². The second kappa shape index (κ2) is 6.77. The predicted molar refractivity (Wildman–Crippen MR) is 71.4 cm³/mol. The molecule has 0 bridgehead atoms. The Morgan fingerprint density at radius 2 is 1.82 bits per heavy atom. The SMILES string of the molecule is CCc1ccc(CCOCCNC2CC2)cc1. The Labute approximate surface area is 104 Å². The number of ether oxygens (including phenoxy) is 1. The van der Waals surface area contributed by atoms with Crippen LogP contribution in [0.1, 0.15) is 30.9 Å². The summed E-state index contributed by atoms with van der Waals surface area (Å²) in [6.07, 6.45) is 4.84. The van der Waals surface area contributed by atoms with Gasteiger partial charge in [-0.2, -0.15) is 0 Å². The number of hydrogen-bond donors (Lipinski definition) is 1. The van der Waals surface area contributed by atoms with Crippen LogP contribution in [0.25, 0.3) is 0 Å². The van der Waals surface area contributed by atoms with Crippen molar-refractivity contribution >= 4 is 0 Å². The lowest BCUT2D eigenvalue weighted by Crippen LogP contribution is -2.22. The third-order valence-corrected chi connectivity index (χ3v) is 3.22. The molecule has 2 rings (SSSR count). The molecule has 1 aromatic rings. The highest BCUT2D eigenvalue weighted by atomic mass is 16.5. The summed E-state index contributed by atoms with van der Waals surface area (Å²) in [4.78, 5) is 0. The van der Waals surface area contributed by atoms with Crippen molar-refractivity contribution in [2.75, 3.05) is 19.8 Å². The summed E-state index contributed by atoms with van der Waals surface area (Å²) in [5.74, 6) is 0. The average Bonchev–Trinajstić information content (AvgIpc) is 3.18. The van der Waals surface area contributed by atoms with E-state index in [0.29, 0.717) is 0 Å². The number of rotatable bonds is 8. The Morgan fingerprint density at radius 1 is 1.12 bits per heavy atom. The third-order valence-electron chi connectivity index (χ3n) is 3.22. The first-order chi connectivity index (χ1) is 8.38. The van der Waals surface area contributed by atoms with Gasteiger partial charge in [0.05, 0.1) is 13.2 Å². The van der Waals surface area contributed by atoms with Crippen molar-refractivity contribution in [2.24, 2.45) is 0 Å². The van der Waals surface area contributed by atoms with Gasteiger partial charge in [-0.15, -0.1) is 0 Å². The first-order valence-corrected chi connectivity index (χ1v) is 6.77. The van der Waals surface area contributed by atoms with Crippen LogP contribution in [-0.4, -0.2) is 25.8 Å². The van der Waals surface area contributed by atoms with Crippen molar-refractivity contribution in [1.29, 1.82) is 0 Å². The quantitative estimate of drug-likeness (QED) is 0.697. The van der Waals surface area contributed by atoms with Crippen LogP contribution in [0.2, 0.25) is 0 Å². The second-order valence-electron chi connectivity index (χ2n) is 4.76. The fraction of sp³-hybridized carbons (Fsp3) is 0.600. The molecule has 2 heteroatoms.